The van der Waals surface area contributed by atoms with Crippen LogP contribution in [-0.4, -0.2) is 124 Å². The summed E-state index contributed by atoms with van der Waals surface area (Å²) >= 11 is 45.2. The van der Waals surface area contributed by atoms with Crippen LogP contribution in [0, 0.1) is 4.91 Å². The topological polar surface area (TPSA) is 351 Å². The first kappa shape index (κ1) is 88.5. The maximum atomic E-state index is 10.6. The van der Waals surface area contributed by atoms with Gasteiger partial charge in [0.05, 0.1) is 5.56 Å². The summed E-state index contributed by atoms with van der Waals surface area (Å²) in [5.74, 6) is 3.75. The van der Waals surface area contributed by atoms with Crippen LogP contribution in [0.5, 0.6) is 0 Å². The van der Waals surface area contributed by atoms with Crippen molar-refractivity contribution in [2.45, 2.75) is 51.3 Å². The molecule has 6 aromatic carbocycles. The van der Waals surface area contributed by atoms with Crippen LogP contribution >= 0.6 is 153 Å². The van der Waals surface area contributed by atoms with Crippen LogP contribution in [0.4, 0.5) is 10.3 Å². The third kappa shape index (κ3) is 32.3. The number of halogens is 8. The number of fused-ring (bicyclic) bond motifs is 4. The molecule has 15 rings (SSSR count). The first-order valence-corrected chi connectivity index (χ1v) is 45.4. The number of piperazine rings is 2. The van der Waals surface area contributed by atoms with Crippen molar-refractivity contribution < 1.29 is 30.6 Å². The molecule has 0 amide bonds. The Bertz CT molecular complexity index is 4900. The van der Waals surface area contributed by atoms with E-state index < -0.39 is 16.8 Å². The monoisotopic (exact) mass is 1890 g/mol. The van der Waals surface area contributed by atoms with Gasteiger partial charge in [0.25, 0.3) is 0 Å². The number of hydrogen-bond acceptors (Lipinski definition) is 25. The molecule has 24 nitrogen and oxygen atoms in total. The van der Waals surface area contributed by atoms with Gasteiger partial charge in [-0.3, -0.25) is 24.5 Å². The fourth-order valence-corrected chi connectivity index (χ4v) is 12.8. The Hall–Kier alpha value is -6.72. The average molecular weight is 1900 g/mol. The van der Waals surface area contributed by atoms with Crippen molar-refractivity contribution in [2.75, 3.05) is 49.9 Å². The van der Waals surface area contributed by atoms with Gasteiger partial charge < -0.3 is 47.7 Å². The van der Waals surface area contributed by atoms with Crippen LogP contribution in [0.3, 0.4) is 0 Å². The van der Waals surface area contributed by atoms with Crippen LogP contribution in [0.1, 0.15) is 42.3 Å². The summed E-state index contributed by atoms with van der Waals surface area (Å²) in [5, 5.41) is 57.7. The number of anilines is 2. The van der Waals surface area contributed by atoms with E-state index in [2.05, 4.69) is 232 Å². The molecule has 0 aliphatic carbocycles. The number of carboxylic acid groups (broad SMARTS) is 1. The first-order chi connectivity index (χ1) is 51.8. The molecular weight excluding hydrogens is 1830 g/mol. The molecule has 0 spiro atoms. The average Bonchev–Trinajstić information content (AvgIpc) is 1.46. The summed E-state index contributed by atoms with van der Waals surface area (Å²) in [4.78, 5) is 42.9. The zero-order valence-corrected chi connectivity index (χ0v) is 71.0. The van der Waals surface area contributed by atoms with E-state index in [9.17, 15) is 14.3 Å². The van der Waals surface area contributed by atoms with E-state index in [0.29, 0.717) is 22.8 Å². The second kappa shape index (κ2) is 46.2. The van der Waals surface area contributed by atoms with Crippen LogP contribution < -0.4 is 43.6 Å². The number of aromatic carboxylic acids is 1. The summed E-state index contributed by atoms with van der Waals surface area (Å²) in [5.41, 5.74) is 18.1. The van der Waals surface area contributed by atoms with E-state index >= 15 is 0 Å². The van der Waals surface area contributed by atoms with E-state index in [1.165, 1.54) is 55.9 Å². The summed E-state index contributed by atoms with van der Waals surface area (Å²) < 4.78 is 10.3. The first-order valence-electron chi connectivity index (χ1n) is 32.0. The number of pyridine rings is 4. The number of thiocarbonyl (C=S) groups is 1. The molecule has 2 aliphatic heterocycles. The van der Waals surface area contributed by atoms with Gasteiger partial charge in [0, 0.05) is 149 Å². The molecule has 2 atom stereocenters. The Kier molecular flexibility index (Phi) is 37.8. The molecule has 2 fully saturated rings. The number of hydrazine groups is 1. The van der Waals surface area contributed by atoms with E-state index in [4.69, 9.17) is 39.8 Å². The second-order valence-electron chi connectivity index (χ2n) is 23.6. The van der Waals surface area contributed by atoms with Gasteiger partial charge in [-0.25, -0.2) is 10.6 Å². The molecule has 2 aliphatic rings. The van der Waals surface area contributed by atoms with Crippen molar-refractivity contribution in [3.05, 3.63) is 231 Å². The number of rotatable bonds is 10. The number of nitrogens with one attached hydrogen (secondary N) is 4. The van der Waals surface area contributed by atoms with Gasteiger partial charge in [-0.2, -0.15) is 0 Å². The van der Waals surface area contributed by atoms with Gasteiger partial charge >= 0.3 is 50.7 Å². The Labute approximate surface area is 693 Å². The minimum absolute atomic E-state index is 0.116. The predicted octanol–water partition coefficient (Wildman–Crippen LogP) is 18.3. The molecule has 2 saturated heterocycles. The Morgan fingerprint density at radius 3 is 1.44 bits per heavy atom. The number of carbonyl (C=O) groups is 1. The Morgan fingerprint density at radius 2 is 1.06 bits per heavy atom. The van der Waals surface area contributed by atoms with Crippen molar-refractivity contribution in [1.82, 2.24) is 71.9 Å². The molecule has 0 bridgehead atoms. The molecule has 11 N–H and O–H groups in total. The van der Waals surface area contributed by atoms with Crippen molar-refractivity contribution in [3.8, 4) is 31.7 Å². The van der Waals surface area contributed by atoms with Gasteiger partial charge in [-0.15, -0.1) is 35.5 Å². The number of aromatic nitrogens is 10. The zero-order chi connectivity index (χ0) is 78.0. The molecule has 9 heterocycles. The fourth-order valence-electron chi connectivity index (χ4n) is 9.91. The zero-order valence-electron chi connectivity index (χ0n) is 57.4. The summed E-state index contributed by atoms with van der Waals surface area (Å²) in [6.07, 6.45) is 16.4. The summed E-state index contributed by atoms with van der Waals surface area (Å²) in [7, 11) is 0. The second-order valence-corrected chi connectivity index (χ2v) is 40.5. The Morgan fingerprint density at radius 1 is 0.639 bits per heavy atom. The van der Waals surface area contributed by atoms with Crippen LogP contribution in [-0.2, 0) is 33.6 Å². The van der Waals surface area contributed by atoms with Crippen molar-refractivity contribution in [3.63, 3.8) is 0 Å². The molecule has 7 aromatic heterocycles. The Balaban J connectivity index is 0.000000181. The van der Waals surface area contributed by atoms with Crippen molar-refractivity contribution >= 4 is 217 Å². The molecule has 571 valence electrons. The van der Waals surface area contributed by atoms with Crippen LogP contribution in [0.25, 0.3) is 74.8 Å². The normalized spacial score (nSPS) is 13.6. The third-order valence-electron chi connectivity index (χ3n) is 14.7. The van der Waals surface area contributed by atoms with Crippen LogP contribution in [0.15, 0.2) is 204 Å². The quantitative estimate of drug-likeness (QED) is 0.0157. The molecule has 0 radical (unpaired) electrons. The van der Waals surface area contributed by atoms with Gasteiger partial charge in [-0.1, -0.05) is 124 Å². The molecule has 38 heteroatoms. The van der Waals surface area contributed by atoms with Crippen molar-refractivity contribution in [1.29, 1.82) is 0 Å². The molecule has 108 heavy (non-hydrogen) atoms. The maximum absolute atomic E-state index is 10.6. The molecule has 13 aromatic rings. The van der Waals surface area contributed by atoms with E-state index in [1.54, 1.807) is 81.2 Å². The van der Waals surface area contributed by atoms with Gasteiger partial charge in [-0.05, 0) is 207 Å². The fraction of sp³-hybridized carbons (Fsp3) is 0.200. The number of nitrogen functional groups attached to an aromatic ring is 1. The number of nitrogens with zero attached hydrogens (tertiary/aromatic N) is 12. The molecule has 0 unspecified atom stereocenters. The number of carboxylic acids is 1. The van der Waals surface area contributed by atoms with E-state index in [0.717, 1.165) is 135 Å². The SMILES string of the molecule is Brc1nnc(-c2ccc3cnccc3c2)s1.CC(C)(C)ON=O.Clc1ccc(C[C@H]2CN(c3nnc(-c4ccc5cnccc5c4)s3)CCN2)cc1.Clc1ccc(C[C@H]2CNCCN2)cc1.NNC(N)=S.Nc1nnc(-c2ccc3cnccc3c2)s1.O=C(O)c1ccc2cnccc2c1.O=P(Cl)(Cl)Cl.[Br][Cu][Br]. The number of nitrogens with two attached hydrogens (primary N) is 3. The third-order valence-corrected chi connectivity index (χ3v) is 18.6. The molecule has 0 saturated carbocycles. The van der Waals surface area contributed by atoms with Crippen molar-refractivity contribution in [2.24, 2.45) is 16.9 Å². The van der Waals surface area contributed by atoms with Gasteiger partial charge in [0.1, 0.15) is 20.6 Å². The van der Waals surface area contributed by atoms with Crippen LogP contribution in [0.2, 0.25) is 10.0 Å². The van der Waals surface area contributed by atoms with Gasteiger partial charge in [0.15, 0.2) is 14.4 Å². The predicted molar refractivity (Wildman–Crippen MR) is 455 cm³/mol. The molecular formula is C70H70Br3Cl5CuN19O5PS4. The standard InChI is InChI=1S/C22H20ClN5S.C11H6BrN3S.C11H15ClN2.C11H8N4S.C10H7NO2.C4H9NO2.CH5N3S.2BrH.Cl3OP.Cu/c23-19-5-1-15(2-6-19)11-20-14-28(10-9-25-20)22-27-26-21(29-22)17-3-4-18-13-24-8-7-16(18)12-17;12-11-15-14-10(16-11)8-1-2-9-6-13-4-3-7(9)5-8;12-10-3-1-9(2-4-10)7-11-8-13-5-6-14-11;12-11-15-14-10(16-11)8-1-2-9-6-13-4-3-7(9)5-8;12-10(13)8-1-2-9-6-11-4-3-7(9)5-8;1-4(2,3)7-5-6;2-1(5)4-3;;;1-5(2,3)4;/h1-8,12-13,20,25H,9-11,14H2;1-6H;1-4,11,13-14H,5-8H2;1-6H,(H2,12,15);1-6H,(H,12,13);1-3H3;3H2,(H3,2,4,5);2*1H;;/q;;;;;;;;;;+2/p-2/t20-;;11-;;;;;;;;/m0.0......../s1. The number of hydrogen-bond donors (Lipinski definition) is 8. The van der Waals surface area contributed by atoms with E-state index in [-0.39, 0.29) is 5.11 Å². The van der Waals surface area contributed by atoms with E-state index in [1.807, 2.05) is 96.9 Å². The summed E-state index contributed by atoms with van der Waals surface area (Å²) in [6.45, 7) is 11.3. The number of benzene rings is 6. The minimum atomic E-state index is -3.22. The summed E-state index contributed by atoms with van der Waals surface area (Å²) in [6, 6.07) is 48.5. The van der Waals surface area contributed by atoms with Gasteiger partial charge in [0.2, 0.25) is 10.3 Å².